The predicted octanol–water partition coefficient (Wildman–Crippen LogP) is 5.36. The normalized spacial score (nSPS) is 10.9. The van der Waals surface area contributed by atoms with E-state index in [1.165, 1.54) is 36.4 Å². The van der Waals surface area contributed by atoms with Crippen LogP contribution in [-0.2, 0) is 60.9 Å². The number of hydrogen-bond donors (Lipinski definition) is 3. The number of amides is 2. The van der Waals surface area contributed by atoms with E-state index in [2.05, 4.69) is 43.5 Å². The lowest BCUT2D eigenvalue weighted by molar-refractivity contribution is -0.159. The minimum atomic E-state index is -3.97. The van der Waals surface area contributed by atoms with Crippen LogP contribution in [0.5, 0.6) is 11.5 Å². The first-order valence-electron chi connectivity index (χ1n) is 18.7. The Morgan fingerprint density at radius 3 is 1.83 bits per heavy atom. The molecule has 0 aliphatic carbocycles. The zero-order chi connectivity index (χ0) is 43.8. The van der Waals surface area contributed by atoms with E-state index in [0.29, 0.717) is 36.9 Å². The molecule has 0 heterocycles. The van der Waals surface area contributed by atoms with Gasteiger partial charge in [-0.25, -0.2) is 22.8 Å². The molecule has 0 saturated carbocycles. The Labute approximate surface area is 344 Å². The van der Waals surface area contributed by atoms with Crippen LogP contribution in [0, 0.1) is 5.41 Å². The lowest BCUT2D eigenvalue weighted by atomic mass is 9.84. The molecular formula is C43H52N2O13S. The second-order valence-electron chi connectivity index (χ2n) is 13.2. The van der Waals surface area contributed by atoms with Crippen molar-refractivity contribution in [1.82, 2.24) is 10.6 Å². The van der Waals surface area contributed by atoms with Gasteiger partial charge in [-0.2, -0.15) is 0 Å². The molecule has 0 unspecified atom stereocenters. The molecule has 0 aliphatic rings. The maximum absolute atomic E-state index is 13.4. The standard InChI is InChI=1S/C43H52N2O13S/c1-6-14-31-26-34(16-18-36(31)47)59(53,54)35-17-19-37(32(27-35)15-7-2)58-42(52)45-25-13-11-12-24-44-38(48)20-21-41(51)57-30-43(23-22-33(46)8-3,28-55-39(49)9-4)29-56-40(50)10-5/h6-10,16-19,26-27,47H,1-5,11-15,20-25,28-30H2,(H,44,48)(H,45,52). The summed E-state index contributed by atoms with van der Waals surface area (Å²) in [6, 6.07) is 8.17. The Morgan fingerprint density at radius 1 is 0.678 bits per heavy atom. The van der Waals surface area contributed by atoms with Crippen LogP contribution in [0.15, 0.2) is 109 Å². The van der Waals surface area contributed by atoms with E-state index in [1.54, 1.807) is 12.2 Å². The van der Waals surface area contributed by atoms with Crippen LogP contribution in [-0.4, -0.2) is 82.1 Å². The Hall–Kier alpha value is -6.29. The number of esters is 3. The first kappa shape index (κ1) is 48.9. The number of phenols is 1. The van der Waals surface area contributed by atoms with E-state index >= 15 is 0 Å². The van der Waals surface area contributed by atoms with Gasteiger partial charge in [0, 0.05) is 43.6 Å². The highest BCUT2D eigenvalue weighted by molar-refractivity contribution is 7.91. The van der Waals surface area contributed by atoms with Crippen LogP contribution in [0.2, 0.25) is 0 Å². The van der Waals surface area contributed by atoms with Gasteiger partial charge < -0.3 is 34.7 Å². The van der Waals surface area contributed by atoms with Crippen molar-refractivity contribution < 1.29 is 61.2 Å². The number of phenolic OH excluding ortho intramolecular Hbond substituents is 1. The third-order valence-electron chi connectivity index (χ3n) is 8.68. The first-order valence-corrected chi connectivity index (χ1v) is 20.1. The van der Waals surface area contributed by atoms with Crippen molar-refractivity contribution >= 4 is 45.5 Å². The van der Waals surface area contributed by atoms with Crippen LogP contribution < -0.4 is 15.4 Å². The van der Waals surface area contributed by atoms with Gasteiger partial charge >= 0.3 is 24.0 Å². The summed E-state index contributed by atoms with van der Waals surface area (Å²) < 4.78 is 47.9. The molecule has 0 aliphatic heterocycles. The molecular weight excluding hydrogens is 785 g/mol. The van der Waals surface area contributed by atoms with Crippen molar-refractivity contribution in [1.29, 1.82) is 0 Å². The fourth-order valence-corrected chi connectivity index (χ4v) is 6.67. The van der Waals surface area contributed by atoms with Gasteiger partial charge in [0.05, 0.1) is 21.6 Å². The average molecular weight is 837 g/mol. The third-order valence-corrected chi connectivity index (χ3v) is 10.4. The molecule has 2 amide bonds. The zero-order valence-corrected chi connectivity index (χ0v) is 33.9. The number of rotatable bonds is 28. The van der Waals surface area contributed by atoms with E-state index in [1.807, 2.05) is 0 Å². The van der Waals surface area contributed by atoms with E-state index < -0.39 is 45.2 Å². The molecule has 2 aromatic rings. The Bertz CT molecular complexity index is 1930. The fraction of sp³-hybridized carbons (Fsp3) is 0.349. The summed E-state index contributed by atoms with van der Waals surface area (Å²) in [7, 11) is -3.97. The molecule has 16 heteroatoms. The van der Waals surface area contributed by atoms with Crippen molar-refractivity contribution in [2.45, 2.75) is 67.6 Å². The summed E-state index contributed by atoms with van der Waals surface area (Å²) in [4.78, 5) is 73.0. The lowest BCUT2D eigenvalue weighted by Gasteiger charge is -2.31. The maximum atomic E-state index is 13.4. The molecule has 15 nitrogen and oxygen atoms in total. The van der Waals surface area contributed by atoms with Gasteiger partial charge in [0.15, 0.2) is 5.78 Å². The van der Waals surface area contributed by atoms with Crippen molar-refractivity contribution in [3.8, 4) is 11.5 Å². The second-order valence-corrected chi connectivity index (χ2v) is 15.2. The quantitative estimate of drug-likeness (QED) is 0.0324. The molecule has 3 N–H and O–H groups in total. The van der Waals surface area contributed by atoms with E-state index in [-0.39, 0.29) is 92.0 Å². The topological polar surface area (TPSA) is 218 Å². The highest BCUT2D eigenvalue weighted by Gasteiger charge is 2.36. The minimum Gasteiger partial charge on any atom is -0.508 e. The average Bonchev–Trinajstić information content (AvgIpc) is 3.22. The summed E-state index contributed by atoms with van der Waals surface area (Å²) >= 11 is 0. The minimum absolute atomic E-state index is 0.00704. The number of carbonyl (C=O) groups is 6. The molecule has 2 rings (SSSR count). The molecule has 0 saturated heterocycles. The molecule has 0 radical (unpaired) electrons. The Kier molecular flexibility index (Phi) is 20.8. The van der Waals surface area contributed by atoms with Gasteiger partial charge in [-0.15, -0.1) is 13.2 Å². The summed E-state index contributed by atoms with van der Waals surface area (Å²) in [6.07, 6.45) is 7.08. The smallest absolute Gasteiger partial charge is 0.412 e. The lowest BCUT2D eigenvalue weighted by Crippen LogP contribution is -2.40. The SMILES string of the molecule is C=CCc1cc(S(=O)(=O)c2ccc(OC(=O)NCCCCCNC(=O)CCC(=O)OCC(CCC(=O)C=C)(COC(=O)C=C)COC(=O)C=C)c(CC=C)c2)ccc1O. The van der Waals surface area contributed by atoms with E-state index in [9.17, 15) is 42.3 Å². The predicted molar refractivity (Wildman–Crippen MR) is 218 cm³/mol. The number of ether oxygens (including phenoxy) is 4. The van der Waals surface area contributed by atoms with Crippen LogP contribution >= 0.6 is 0 Å². The number of allylic oxidation sites excluding steroid dienone is 3. The Balaban J connectivity index is 1.81. The molecule has 0 spiro atoms. The number of unbranched alkanes of at least 4 members (excludes halogenated alkanes) is 2. The molecule has 0 aromatic heterocycles. The number of benzene rings is 2. The van der Waals surface area contributed by atoms with Gasteiger partial charge in [-0.1, -0.05) is 31.9 Å². The molecule has 0 atom stereocenters. The summed E-state index contributed by atoms with van der Waals surface area (Å²) in [5.41, 5.74) is -0.441. The zero-order valence-electron chi connectivity index (χ0n) is 33.0. The monoisotopic (exact) mass is 836 g/mol. The van der Waals surface area contributed by atoms with Gasteiger partial charge in [0.1, 0.15) is 31.3 Å². The number of carbonyl (C=O) groups excluding carboxylic acids is 6. The largest absolute Gasteiger partial charge is 0.508 e. The van der Waals surface area contributed by atoms with E-state index in [4.69, 9.17) is 18.9 Å². The van der Waals surface area contributed by atoms with Crippen molar-refractivity contribution in [3.63, 3.8) is 0 Å². The molecule has 2 aromatic carbocycles. The van der Waals surface area contributed by atoms with Gasteiger partial charge in [-0.05, 0) is 86.6 Å². The fourth-order valence-electron chi connectivity index (χ4n) is 5.31. The molecule has 0 fully saturated rings. The number of nitrogens with one attached hydrogen (secondary N) is 2. The van der Waals surface area contributed by atoms with Gasteiger partial charge in [0.25, 0.3) is 0 Å². The van der Waals surface area contributed by atoms with Crippen LogP contribution in [0.25, 0.3) is 0 Å². The van der Waals surface area contributed by atoms with Crippen molar-refractivity contribution in [2.24, 2.45) is 5.41 Å². The number of ketones is 1. The second kappa shape index (κ2) is 25.2. The van der Waals surface area contributed by atoms with Crippen molar-refractivity contribution in [3.05, 3.63) is 111 Å². The first-order chi connectivity index (χ1) is 28.1. The third kappa shape index (κ3) is 17.0. The van der Waals surface area contributed by atoms with Crippen LogP contribution in [0.4, 0.5) is 4.79 Å². The van der Waals surface area contributed by atoms with Crippen LogP contribution in [0.1, 0.15) is 56.1 Å². The highest BCUT2D eigenvalue weighted by Crippen LogP contribution is 2.31. The van der Waals surface area contributed by atoms with Crippen LogP contribution in [0.3, 0.4) is 0 Å². The number of hydrogen-bond acceptors (Lipinski definition) is 13. The summed E-state index contributed by atoms with van der Waals surface area (Å²) in [6.45, 7) is 16.9. The molecule has 0 bridgehead atoms. The Morgan fingerprint density at radius 2 is 1.24 bits per heavy atom. The summed E-state index contributed by atoms with van der Waals surface area (Å²) in [5, 5.41) is 15.4. The highest BCUT2D eigenvalue weighted by atomic mass is 32.2. The molecule has 318 valence electrons. The van der Waals surface area contributed by atoms with Gasteiger partial charge in [-0.3, -0.25) is 14.4 Å². The summed E-state index contributed by atoms with van der Waals surface area (Å²) in [5.74, 6) is -2.91. The van der Waals surface area contributed by atoms with Gasteiger partial charge in [0.2, 0.25) is 15.7 Å². The number of aromatic hydroxyl groups is 1. The van der Waals surface area contributed by atoms with E-state index in [0.717, 1.165) is 18.2 Å². The maximum Gasteiger partial charge on any atom is 0.412 e. The van der Waals surface area contributed by atoms with Crippen molar-refractivity contribution in [2.75, 3.05) is 32.9 Å². The molecule has 59 heavy (non-hydrogen) atoms. The number of sulfone groups is 1.